The third kappa shape index (κ3) is 3.88. The van der Waals surface area contributed by atoms with Gasteiger partial charge in [-0.05, 0) is 47.0 Å². The first kappa shape index (κ1) is 18.2. The van der Waals surface area contributed by atoms with Gasteiger partial charge in [-0.2, -0.15) is 10.1 Å². The van der Waals surface area contributed by atoms with Crippen molar-refractivity contribution < 1.29 is 0 Å². The number of hydrogen-bond donors (Lipinski definition) is 2. The van der Waals surface area contributed by atoms with Gasteiger partial charge in [0.15, 0.2) is 5.65 Å². The lowest BCUT2D eigenvalue weighted by Gasteiger charge is -2.07. The predicted molar refractivity (Wildman–Crippen MR) is 113 cm³/mol. The van der Waals surface area contributed by atoms with E-state index < -0.39 is 0 Å². The van der Waals surface area contributed by atoms with E-state index in [0.717, 1.165) is 16.7 Å². The van der Waals surface area contributed by atoms with Crippen LogP contribution in [0.5, 0.6) is 0 Å². The predicted octanol–water partition coefficient (Wildman–Crippen LogP) is 4.74. The molecule has 0 aliphatic rings. The molecule has 0 unspecified atom stereocenters. The van der Waals surface area contributed by atoms with Crippen molar-refractivity contribution in [1.82, 2.24) is 15.0 Å². The zero-order valence-electron chi connectivity index (χ0n) is 14.4. The number of H-pyrrole nitrogens is 1. The Bertz CT molecular complexity index is 1220. The number of nitrogens with zero attached hydrogens (tertiary/aromatic N) is 3. The number of nitrogens with one attached hydrogen (secondary N) is 2. The minimum absolute atomic E-state index is 0.198. The molecule has 2 heterocycles. The summed E-state index contributed by atoms with van der Waals surface area (Å²) in [7, 11) is 0. The molecule has 0 bridgehead atoms. The van der Waals surface area contributed by atoms with Crippen LogP contribution >= 0.6 is 23.2 Å². The van der Waals surface area contributed by atoms with Crippen molar-refractivity contribution in [2.45, 2.75) is 0 Å². The minimum Gasteiger partial charge on any atom is -0.291 e. The van der Waals surface area contributed by atoms with Crippen LogP contribution in [0.4, 0.5) is 5.95 Å². The average Bonchev–Trinajstić information content (AvgIpc) is 2.70. The molecule has 0 spiro atoms. The summed E-state index contributed by atoms with van der Waals surface area (Å²) < 4.78 is 0. The average molecular weight is 410 g/mol. The largest absolute Gasteiger partial charge is 0.291 e. The lowest BCUT2D eigenvalue weighted by molar-refractivity contribution is 1.10. The van der Waals surface area contributed by atoms with E-state index in [4.69, 9.17) is 23.2 Å². The molecule has 4 aromatic rings. The molecule has 2 N–H and O–H groups in total. The second kappa shape index (κ2) is 7.80. The fraction of sp³-hybridized carbons (Fsp3) is 0. The molecule has 0 atom stereocenters. The summed E-state index contributed by atoms with van der Waals surface area (Å²) in [5.41, 5.74) is 5.16. The Hall–Kier alpha value is -3.22. The van der Waals surface area contributed by atoms with Gasteiger partial charge in [0.25, 0.3) is 5.56 Å². The monoisotopic (exact) mass is 409 g/mol. The molecular formula is C20H13Cl2N5O. The van der Waals surface area contributed by atoms with Crippen molar-refractivity contribution >= 4 is 46.4 Å². The van der Waals surface area contributed by atoms with Gasteiger partial charge in [-0.1, -0.05) is 47.5 Å². The number of aromatic nitrogens is 3. The maximum atomic E-state index is 12.7. The van der Waals surface area contributed by atoms with E-state index in [9.17, 15) is 4.79 Å². The molecule has 0 saturated heterocycles. The van der Waals surface area contributed by atoms with Crippen molar-refractivity contribution in [2.24, 2.45) is 5.10 Å². The van der Waals surface area contributed by atoms with Gasteiger partial charge >= 0.3 is 0 Å². The van der Waals surface area contributed by atoms with Crippen molar-refractivity contribution in [2.75, 3.05) is 5.43 Å². The normalized spacial score (nSPS) is 11.2. The molecule has 0 aliphatic carbocycles. The summed E-state index contributed by atoms with van der Waals surface area (Å²) in [6.45, 7) is 0. The number of benzene rings is 2. The van der Waals surface area contributed by atoms with Gasteiger partial charge < -0.3 is 0 Å². The lowest BCUT2D eigenvalue weighted by Crippen LogP contribution is -2.13. The Labute approximate surface area is 169 Å². The summed E-state index contributed by atoms with van der Waals surface area (Å²) in [5.74, 6) is 0.198. The van der Waals surface area contributed by atoms with Gasteiger partial charge in [0.1, 0.15) is 0 Å². The standard InChI is InChI=1S/C20H13Cl2N5O/c21-14-5-1-12(2-6-14)11-24-27-20-25-18-17(19(28)26-20)16(9-10-23-18)13-3-7-15(22)8-4-13/h1-11H,(H2,23,25,26,27,28)/b24-11+. The smallest absolute Gasteiger partial charge is 0.262 e. The Balaban J connectivity index is 1.66. The molecule has 138 valence electrons. The quantitative estimate of drug-likeness (QED) is 0.376. The molecule has 0 saturated carbocycles. The Morgan fingerprint density at radius 1 is 0.964 bits per heavy atom. The topological polar surface area (TPSA) is 83.0 Å². The zero-order chi connectivity index (χ0) is 19.5. The van der Waals surface area contributed by atoms with Crippen molar-refractivity contribution in [3.05, 3.63) is 86.8 Å². The van der Waals surface area contributed by atoms with Gasteiger partial charge in [-0.25, -0.2) is 10.4 Å². The fourth-order valence-corrected chi connectivity index (χ4v) is 2.95. The van der Waals surface area contributed by atoms with Crippen LogP contribution in [0, 0.1) is 0 Å². The highest BCUT2D eigenvalue weighted by atomic mass is 35.5. The Morgan fingerprint density at radius 2 is 1.64 bits per heavy atom. The number of aromatic amines is 1. The number of rotatable bonds is 4. The Kier molecular flexibility index (Phi) is 5.06. The fourth-order valence-electron chi connectivity index (χ4n) is 2.70. The van der Waals surface area contributed by atoms with Crippen LogP contribution in [-0.4, -0.2) is 21.2 Å². The lowest BCUT2D eigenvalue weighted by atomic mass is 10.0. The number of pyridine rings is 1. The molecule has 8 heteroatoms. The molecule has 0 fully saturated rings. The van der Waals surface area contributed by atoms with E-state index in [0.29, 0.717) is 21.1 Å². The highest BCUT2D eigenvalue weighted by Gasteiger charge is 2.11. The number of anilines is 1. The maximum absolute atomic E-state index is 12.7. The van der Waals surface area contributed by atoms with E-state index in [1.54, 1.807) is 42.7 Å². The molecule has 0 amide bonds. The highest BCUT2D eigenvalue weighted by Crippen LogP contribution is 2.25. The van der Waals surface area contributed by atoms with Gasteiger partial charge in [0.2, 0.25) is 5.95 Å². The summed E-state index contributed by atoms with van der Waals surface area (Å²) >= 11 is 11.8. The first-order valence-corrected chi connectivity index (χ1v) is 9.05. The summed E-state index contributed by atoms with van der Waals surface area (Å²) in [5, 5.41) is 5.76. The Morgan fingerprint density at radius 3 is 2.36 bits per heavy atom. The third-order valence-corrected chi connectivity index (χ3v) is 4.52. The molecule has 0 radical (unpaired) electrons. The minimum atomic E-state index is -0.313. The van der Waals surface area contributed by atoms with E-state index in [1.807, 2.05) is 24.3 Å². The molecule has 2 aromatic carbocycles. The number of hydrazone groups is 1. The molecule has 2 aromatic heterocycles. The van der Waals surface area contributed by atoms with E-state index in [-0.39, 0.29) is 11.5 Å². The molecular weight excluding hydrogens is 397 g/mol. The second-order valence-electron chi connectivity index (χ2n) is 5.90. The maximum Gasteiger partial charge on any atom is 0.262 e. The highest BCUT2D eigenvalue weighted by molar-refractivity contribution is 6.30. The summed E-state index contributed by atoms with van der Waals surface area (Å²) in [6, 6.07) is 16.2. The third-order valence-electron chi connectivity index (χ3n) is 4.02. The van der Waals surface area contributed by atoms with E-state index >= 15 is 0 Å². The molecule has 0 aliphatic heterocycles. The summed E-state index contributed by atoms with van der Waals surface area (Å²) in [6.07, 6.45) is 3.21. The molecule has 4 rings (SSSR count). The van der Waals surface area contributed by atoms with Crippen LogP contribution in [0.15, 0.2) is 70.7 Å². The van der Waals surface area contributed by atoms with E-state index in [1.165, 1.54) is 0 Å². The number of halogens is 2. The summed E-state index contributed by atoms with van der Waals surface area (Å²) in [4.78, 5) is 23.9. The van der Waals surface area contributed by atoms with Crippen LogP contribution in [0.1, 0.15) is 5.56 Å². The van der Waals surface area contributed by atoms with Gasteiger partial charge in [0.05, 0.1) is 11.6 Å². The van der Waals surface area contributed by atoms with Crippen LogP contribution in [0.3, 0.4) is 0 Å². The van der Waals surface area contributed by atoms with Crippen molar-refractivity contribution in [3.63, 3.8) is 0 Å². The van der Waals surface area contributed by atoms with Gasteiger partial charge in [0, 0.05) is 16.2 Å². The molecule has 28 heavy (non-hydrogen) atoms. The van der Waals surface area contributed by atoms with Gasteiger partial charge in [-0.3, -0.25) is 9.78 Å². The van der Waals surface area contributed by atoms with E-state index in [2.05, 4.69) is 25.5 Å². The first-order chi connectivity index (χ1) is 13.6. The van der Waals surface area contributed by atoms with Crippen LogP contribution < -0.4 is 11.0 Å². The SMILES string of the molecule is O=c1[nH]c(N/N=C/c2ccc(Cl)cc2)nc2nccc(-c3ccc(Cl)cc3)c12. The molecule has 6 nitrogen and oxygen atoms in total. The second-order valence-corrected chi connectivity index (χ2v) is 6.77. The van der Waals surface area contributed by atoms with Crippen LogP contribution in [-0.2, 0) is 0 Å². The number of fused-ring (bicyclic) bond motifs is 1. The zero-order valence-corrected chi connectivity index (χ0v) is 15.9. The van der Waals surface area contributed by atoms with Crippen molar-refractivity contribution in [3.8, 4) is 11.1 Å². The van der Waals surface area contributed by atoms with Crippen molar-refractivity contribution in [1.29, 1.82) is 0 Å². The first-order valence-electron chi connectivity index (χ1n) is 8.30. The van der Waals surface area contributed by atoms with Crippen LogP contribution in [0.25, 0.3) is 22.2 Å². The number of hydrogen-bond acceptors (Lipinski definition) is 5. The van der Waals surface area contributed by atoms with Gasteiger partial charge in [-0.15, -0.1) is 0 Å². The van der Waals surface area contributed by atoms with Crippen LogP contribution in [0.2, 0.25) is 10.0 Å².